The number of carbonyl (C=O) groups is 5. The second-order valence-electron chi connectivity index (χ2n) is 13.7. The average molecular weight is 612 g/mol. The molecule has 4 aliphatic rings. The molecule has 5 rings (SSSR count). The van der Waals surface area contributed by atoms with Gasteiger partial charge in [-0.2, -0.15) is 0 Å². The number of carbonyl (C=O) groups excluding carboxylic acids is 4. The maximum atomic E-state index is 14.4. The normalized spacial score (nSPS) is 27.3. The Labute approximate surface area is 258 Å². The van der Waals surface area contributed by atoms with Crippen molar-refractivity contribution in [3.05, 3.63) is 24.3 Å². The van der Waals surface area contributed by atoms with Gasteiger partial charge in [-0.25, -0.2) is 9.78 Å². The molecule has 5 atom stereocenters. The summed E-state index contributed by atoms with van der Waals surface area (Å²) in [5.41, 5.74) is -1.60. The predicted octanol–water partition coefficient (Wildman–Crippen LogP) is 1.39. The number of hydrogen-bond donors (Lipinski definition) is 3. The highest BCUT2D eigenvalue weighted by molar-refractivity contribution is 5.98. The molecular formula is C31H45N7O6. The number of carboxylic acid groups (broad SMARTS) is 1. The number of aromatic nitrogens is 2. The molecule has 1 saturated carbocycles. The fraction of sp³-hybridized carbons (Fsp3) is 0.710. The van der Waals surface area contributed by atoms with Crippen molar-refractivity contribution in [3.63, 3.8) is 0 Å². The van der Waals surface area contributed by atoms with Gasteiger partial charge < -0.3 is 25.5 Å². The molecular weight excluding hydrogens is 566 g/mol. The van der Waals surface area contributed by atoms with E-state index < -0.39 is 52.9 Å². The quantitative estimate of drug-likeness (QED) is 0.394. The van der Waals surface area contributed by atoms with Crippen LogP contribution in [0.1, 0.15) is 89.5 Å². The van der Waals surface area contributed by atoms with E-state index in [-0.39, 0.29) is 36.5 Å². The summed E-state index contributed by atoms with van der Waals surface area (Å²) in [6.45, 7) is 8.46. The van der Waals surface area contributed by atoms with E-state index >= 15 is 0 Å². The number of rotatable bonds is 8. The highest BCUT2D eigenvalue weighted by Crippen LogP contribution is 2.46. The maximum absolute atomic E-state index is 14.4. The molecule has 1 aromatic rings. The summed E-state index contributed by atoms with van der Waals surface area (Å²) in [6.07, 6.45) is 10.3. The molecule has 4 heterocycles. The van der Waals surface area contributed by atoms with Crippen LogP contribution in [0.2, 0.25) is 0 Å². The van der Waals surface area contributed by atoms with Crippen molar-refractivity contribution in [2.75, 3.05) is 19.6 Å². The van der Waals surface area contributed by atoms with Crippen molar-refractivity contribution in [2.24, 2.45) is 11.3 Å². The number of fused-ring (bicyclic) bond motifs is 2. The molecule has 1 spiro atoms. The summed E-state index contributed by atoms with van der Waals surface area (Å²) in [4.78, 5) is 80.7. The fourth-order valence-corrected chi connectivity index (χ4v) is 7.78. The van der Waals surface area contributed by atoms with E-state index in [0.717, 1.165) is 38.5 Å². The number of nitrogens with one attached hydrogen (secondary N) is 2. The minimum atomic E-state index is -1.16. The van der Waals surface area contributed by atoms with Gasteiger partial charge in [0.2, 0.25) is 17.7 Å². The highest BCUT2D eigenvalue weighted by Gasteiger charge is 2.64. The molecule has 1 aliphatic carbocycles. The molecule has 0 radical (unpaired) electrons. The fourth-order valence-electron chi connectivity index (χ4n) is 7.78. The van der Waals surface area contributed by atoms with Crippen LogP contribution in [0.25, 0.3) is 0 Å². The van der Waals surface area contributed by atoms with Gasteiger partial charge in [0.25, 0.3) is 5.91 Å². The molecule has 0 bridgehead atoms. The average Bonchev–Trinajstić information content (AvgIpc) is 3.70. The zero-order valence-corrected chi connectivity index (χ0v) is 26.1. The zero-order chi connectivity index (χ0) is 31.8. The van der Waals surface area contributed by atoms with Crippen LogP contribution in [-0.2, 0) is 19.2 Å². The van der Waals surface area contributed by atoms with Crippen LogP contribution in [-0.4, -0.2) is 109 Å². The van der Waals surface area contributed by atoms with Crippen molar-refractivity contribution in [3.8, 4) is 0 Å². The number of nitrogens with zero attached hydrogens (tertiary/aromatic N) is 5. The van der Waals surface area contributed by atoms with E-state index in [1.54, 1.807) is 4.90 Å². The van der Waals surface area contributed by atoms with Gasteiger partial charge in [-0.1, -0.05) is 40.0 Å². The van der Waals surface area contributed by atoms with E-state index in [4.69, 9.17) is 0 Å². The molecule has 240 valence electrons. The third-order valence-corrected chi connectivity index (χ3v) is 9.93. The van der Waals surface area contributed by atoms with Gasteiger partial charge in [0.05, 0.1) is 18.8 Å². The number of likely N-dealkylation sites (N-methyl/N-ethyl adjacent to an activating group) is 1. The molecule has 13 heteroatoms. The number of amides is 4. The Morgan fingerprint density at radius 3 is 2.41 bits per heavy atom. The molecule has 44 heavy (non-hydrogen) atoms. The Bertz CT molecular complexity index is 1280. The van der Waals surface area contributed by atoms with Crippen LogP contribution in [0, 0.1) is 11.3 Å². The summed E-state index contributed by atoms with van der Waals surface area (Å²) in [6, 6.07) is -3.44. The monoisotopic (exact) mass is 611 g/mol. The van der Waals surface area contributed by atoms with Crippen molar-refractivity contribution in [1.29, 1.82) is 0 Å². The lowest BCUT2D eigenvalue weighted by Gasteiger charge is -2.40. The van der Waals surface area contributed by atoms with E-state index in [1.807, 2.05) is 27.7 Å². The topological polar surface area (TPSA) is 165 Å². The molecule has 3 aliphatic heterocycles. The lowest BCUT2D eigenvalue weighted by atomic mass is 9.82. The summed E-state index contributed by atoms with van der Waals surface area (Å²) in [5, 5.41) is 16.1. The standard InChI is InChI=1S/C31H45N7O6/c1-5-37-27(41)21-12-9-15-38(21)31(37)16-22(29(43)44)36(18-31)28(42)24(30(2,3)4)35-26(40)23(19-10-7-6-8-11-19)34-25(39)20-17-32-13-14-33-20/h13-14,17,19,21-24H,5-12,15-16,18H2,1-4H3,(H,34,39)(H,35,40)(H,43,44)/t21-,22-,23-,24?,31?/m0/s1. The lowest BCUT2D eigenvalue weighted by Crippen LogP contribution is -2.62. The van der Waals surface area contributed by atoms with Gasteiger partial charge in [0.1, 0.15) is 29.5 Å². The van der Waals surface area contributed by atoms with Crippen LogP contribution >= 0.6 is 0 Å². The molecule has 4 fully saturated rings. The Kier molecular flexibility index (Phi) is 8.97. The van der Waals surface area contributed by atoms with Crippen LogP contribution in [0.4, 0.5) is 0 Å². The Hall–Kier alpha value is -3.61. The number of aliphatic carboxylic acids is 1. The number of likely N-dealkylation sites (tertiary alicyclic amines) is 1. The predicted molar refractivity (Wildman–Crippen MR) is 159 cm³/mol. The first-order chi connectivity index (χ1) is 20.9. The number of carboxylic acids is 1. The lowest BCUT2D eigenvalue weighted by molar-refractivity contribution is -0.151. The first-order valence-electron chi connectivity index (χ1n) is 15.9. The van der Waals surface area contributed by atoms with Crippen molar-refractivity contribution < 1.29 is 29.1 Å². The zero-order valence-electron chi connectivity index (χ0n) is 26.1. The second-order valence-corrected chi connectivity index (χ2v) is 13.7. The smallest absolute Gasteiger partial charge is 0.326 e. The van der Waals surface area contributed by atoms with Gasteiger partial charge in [-0.3, -0.25) is 29.1 Å². The molecule has 13 nitrogen and oxygen atoms in total. The minimum Gasteiger partial charge on any atom is -0.480 e. The Morgan fingerprint density at radius 1 is 1.07 bits per heavy atom. The third-order valence-electron chi connectivity index (χ3n) is 9.93. The van der Waals surface area contributed by atoms with Gasteiger partial charge in [0.15, 0.2) is 0 Å². The van der Waals surface area contributed by atoms with Gasteiger partial charge in [0, 0.05) is 31.9 Å². The van der Waals surface area contributed by atoms with E-state index in [2.05, 4.69) is 25.5 Å². The maximum Gasteiger partial charge on any atom is 0.326 e. The van der Waals surface area contributed by atoms with E-state index in [0.29, 0.717) is 19.5 Å². The Morgan fingerprint density at radius 2 is 1.80 bits per heavy atom. The van der Waals surface area contributed by atoms with Crippen LogP contribution in [0.5, 0.6) is 0 Å². The summed E-state index contributed by atoms with van der Waals surface area (Å²) >= 11 is 0. The molecule has 0 aromatic carbocycles. The highest BCUT2D eigenvalue weighted by atomic mass is 16.4. The molecule has 4 amide bonds. The summed E-state index contributed by atoms with van der Waals surface area (Å²) in [7, 11) is 0. The second kappa shape index (κ2) is 12.4. The molecule has 3 saturated heterocycles. The molecule has 2 unspecified atom stereocenters. The van der Waals surface area contributed by atoms with Crippen LogP contribution in [0.3, 0.4) is 0 Å². The van der Waals surface area contributed by atoms with Gasteiger partial charge in [-0.05, 0) is 43.9 Å². The first kappa shape index (κ1) is 31.8. The summed E-state index contributed by atoms with van der Waals surface area (Å²) in [5.74, 6) is -2.81. The molecule has 3 N–H and O–H groups in total. The van der Waals surface area contributed by atoms with Crippen molar-refractivity contribution in [1.82, 2.24) is 35.3 Å². The molecule has 1 aromatic heterocycles. The van der Waals surface area contributed by atoms with E-state index in [9.17, 15) is 29.1 Å². The van der Waals surface area contributed by atoms with Gasteiger partial charge >= 0.3 is 5.97 Å². The minimum absolute atomic E-state index is 0.0155. The SMILES string of the molecule is CCN1C(=O)[C@@H]2CCCN2C12C[C@@H](C(=O)O)N(C(=O)C(NC(=O)[C@@H](NC(=O)c1cnccn1)C1CCCCC1)C(C)(C)C)C2. The van der Waals surface area contributed by atoms with Crippen molar-refractivity contribution >= 4 is 29.6 Å². The number of hydrogen-bond acceptors (Lipinski definition) is 8. The van der Waals surface area contributed by atoms with Crippen LogP contribution in [0.15, 0.2) is 18.6 Å². The Balaban J connectivity index is 1.42. The largest absolute Gasteiger partial charge is 0.480 e. The summed E-state index contributed by atoms with van der Waals surface area (Å²) < 4.78 is 0. The van der Waals surface area contributed by atoms with Gasteiger partial charge in [-0.15, -0.1) is 0 Å². The van der Waals surface area contributed by atoms with E-state index in [1.165, 1.54) is 23.5 Å². The van der Waals surface area contributed by atoms with Crippen LogP contribution < -0.4 is 10.6 Å². The first-order valence-corrected chi connectivity index (χ1v) is 15.9. The third kappa shape index (κ3) is 5.78. The van der Waals surface area contributed by atoms with Crippen molar-refractivity contribution in [2.45, 2.75) is 109 Å².